The molecule has 58 heavy (non-hydrogen) atoms. The number of nitrogens with zero attached hydrogens (tertiary/aromatic N) is 5. The number of hydrogen-bond donors (Lipinski definition) is 0. The molecule has 0 atom stereocenters. The summed E-state index contributed by atoms with van der Waals surface area (Å²) in [5.74, 6) is 2.48. The quantitative estimate of drug-likeness (QED) is 0.181. The van der Waals surface area contributed by atoms with Gasteiger partial charge in [0.05, 0.1) is 50.8 Å². The number of aromatic nitrogens is 5. The molecule has 1 spiro atoms. The summed E-state index contributed by atoms with van der Waals surface area (Å²) < 4.78 is 11.5. The molecule has 0 fully saturated rings. The molecular formula is C52H31N5O. The first-order valence-corrected chi connectivity index (χ1v) is 19.6. The molecule has 0 amide bonds. The molecule has 13 rings (SSSR count). The van der Waals surface area contributed by atoms with Gasteiger partial charge < -0.3 is 9.30 Å². The topological polar surface area (TPSA) is 57.8 Å². The summed E-state index contributed by atoms with van der Waals surface area (Å²) >= 11 is 0. The molecule has 0 radical (unpaired) electrons. The number of benzene rings is 6. The number of ether oxygens (including phenoxy) is 1. The molecule has 2 aliphatic rings. The predicted octanol–water partition coefficient (Wildman–Crippen LogP) is 12.2. The van der Waals surface area contributed by atoms with Crippen molar-refractivity contribution in [1.29, 1.82) is 0 Å². The van der Waals surface area contributed by atoms with E-state index in [1.54, 1.807) is 0 Å². The van der Waals surface area contributed by atoms with E-state index in [1.165, 1.54) is 21.5 Å². The van der Waals surface area contributed by atoms with E-state index in [0.717, 1.165) is 89.8 Å². The molecule has 6 aromatic carbocycles. The molecule has 1 aliphatic heterocycles. The first-order valence-electron chi connectivity index (χ1n) is 19.6. The Morgan fingerprint density at radius 1 is 0.414 bits per heavy atom. The third kappa shape index (κ3) is 4.03. The predicted molar refractivity (Wildman–Crippen MR) is 231 cm³/mol. The van der Waals surface area contributed by atoms with E-state index < -0.39 is 5.41 Å². The van der Waals surface area contributed by atoms with E-state index in [-0.39, 0.29) is 0 Å². The van der Waals surface area contributed by atoms with Crippen LogP contribution >= 0.6 is 0 Å². The molecule has 6 heterocycles. The highest BCUT2D eigenvalue weighted by Crippen LogP contribution is 2.61. The fourth-order valence-corrected chi connectivity index (χ4v) is 10.0. The van der Waals surface area contributed by atoms with Gasteiger partial charge >= 0.3 is 0 Å². The minimum absolute atomic E-state index is 0.705. The Hall–Kier alpha value is -7.83. The molecule has 0 saturated heterocycles. The average Bonchev–Trinajstić information content (AvgIpc) is 3.91. The SMILES string of the molecule is c1ccc2c(c1)Oc1ccc(-c3cc(-n4c5ccccc5c5ccccc54)ncc3-n3c4ccccc4c4ccccc43)cc1C21c2cccnc2-c2ncccc21. The van der Waals surface area contributed by atoms with Crippen molar-refractivity contribution in [1.82, 2.24) is 24.1 Å². The Kier molecular flexibility index (Phi) is 6.28. The summed E-state index contributed by atoms with van der Waals surface area (Å²) in [7, 11) is 0. The van der Waals surface area contributed by atoms with E-state index in [4.69, 9.17) is 19.7 Å². The Bertz CT molecular complexity index is 3370. The van der Waals surface area contributed by atoms with E-state index >= 15 is 0 Å². The normalized spacial score (nSPS) is 13.4. The van der Waals surface area contributed by atoms with Crippen LogP contribution in [0.25, 0.3) is 77.6 Å². The Balaban J connectivity index is 1.14. The lowest BCUT2D eigenvalue weighted by molar-refractivity contribution is 0.436. The van der Waals surface area contributed by atoms with Gasteiger partial charge in [0.2, 0.25) is 0 Å². The first-order chi connectivity index (χ1) is 28.8. The van der Waals surface area contributed by atoms with Crippen molar-refractivity contribution in [2.24, 2.45) is 0 Å². The maximum Gasteiger partial charge on any atom is 0.138 e. The van der Waals surface area contributed by atoms with Gasteiger partial charge in [-0.05, 0) is 77.4 Å². The zero-order chi connectivity index (χ0) is 38.0. The zero-order valence-corrected chi connectivity index (χ0v) is 31.0. The average molecular weight is 742 g/mol. The van der Waals surface area contributed by atoms with Gasteiger partial charge in [-0.3, -0.25) is 14.5 Å². The first kappa shape index (κ1) is 31.4. The summed E-state index contributed by atoms with van der Waals surface area (Å²) in [5.41, 5.74) is 13.0. The van der Waals surface area contributed by atoms with Crippen molar-refractivity contribution in [3.05, 3.63) is 211 Å². The lowest BCUT2D eigenvalue weighted by Crippen LogP contribution is -2.32. The highest BCUT2D eigenvalue weighted by atomic mass is 16.5. The van der Waals surface area contributed by atoms with E-state index in [2.05, 4.69) is 167 Å². The number of pyridine rings is 3. The molecule has 0 N–H and O–H groups in total. The van der Waals surface area contributed by atoms with Crippen LogP contribution in [0.4, 0.5) is 0 Å². The molecule has 0 bridgehead atoms. The van der Waals surface area contributed by atoms with Crippen molar-refractivity contribution < 1.29 is 4.74 Å². The van der Waals surface area contributed by atoms with Gasteiger partial charge in [0.1, 0.15) is 17.3 Å². The second kappa shape index (κ2) is 11.6. The van der Waals surface area contributed by atoms with Gasteiger partial charge in [-0.15, -0.1) is 0 Å². The monoisotopic (exact) mass is 741 g/mol. The Labute approximate surface area is 332 Å². The van der Waals surface area contributed by atoms with Crippen molar-refractivity contribution in [3.63, 3.8) is 0 Å². The zero-order valence-electron chi connectivity index (χ0n) is 31.0. The minimum atomic E-state index is -0.705. The fraction of sp³-hybridized carbons (Fsp3) is 0.0192. The molecule has 6 nitrogen and oxygen atoms in total. The standard InChI is InChI=1S/C52H31N5O/c1-6-20-42-33(13-1)34-14-2-7-21-43(34)56(42)46-31-55-49(57-44-22-8-3-15-35(44)36-16-4-9-23-45(36)57)30-37(46)32-25-26-48-41(29-32)52(38-17-5-10-24-47(38)58-48)39-18-11-27-53-50(39)51-40(52)19-12-28-54-51/h1-31H. The molecule has 270 valence electrons. The second-order valence-corrected chi connectivity index (χ2v) is 15.2. The van der Waals surface area contributed by atoms with Crippen LogP contribution in [0.3, 0.4) is 0 Å². The Morgan fingerprint density at radius 2 is 0.914 bits per heavy atom. The van der Waals surface area contributed by atoms with E-state index in [9.17, 15) is 0 Å². The van der Waals surface area contributed by atoms with Crippen LogP contribution in [0, 0.1) is 0 Å². The van der Waals surface area contributed by atoms with Crippen molar-refractivity contribution in [2.45, 2.75) is 5.41 Å². The number of hydrogen-bond acceptors (Lipinski definition) is 4. The van der Waals surface area contributed by atoms with Gasteiger partial charge in [-0.25, -0.2) is 4.98 Å². The largest absolute Gasteiger partial charge is 0.457 e. The summed E-state index contributed by atoms with van der Waals surface area (Å²) in [4.78, 5) is 15.2. The van der Waals surface area contributed by atoms with Crippen LogP contribution in [0.5, 0.6) is 11.5 Å². The van der Waals surface area contributed by atoms with Gasteiger partial charge in [-0.2, -0.15) is 0 Å². The lowest BCUT2D eigenvalue weighted by atomic mass is 9.66. The molecule has 5 aromatic heterocycles. The fourth-order valence-electron chi connectivity index (χ4n) is 10.0. The molecule has 11 aromatic rings. The molecule has 6 heteroatoms. The van der Waals surface area contributed by atoms with E-state index in [1.807, 2.05) is 30.6 Å². The van der Waals surface area contributed by atoms with Crippen molar-refractivity contribution in [2.75, 3.05) is 0 Å². The van der Waals surface area contributed by atoms with Crippen LogP contribution in [-0.2, 0) is 5.41 Å². The van der Waals surface area contributed by atoms with Crippen LogP contribution in [0.2, 0.25) is 0 Å². The molecule has 0 unspecified atom stereocenters. The van der Waals surface area contributed by atoms with Crippen LogP contribution < -0.4 is 4.74 Å². The Morgan fingerprint density at radius 3 is 1.52 bits per heavy atom. The second-order valence-electron chi connectivity index (χ2n) is 15.2. The van der Waals surface area contributed by atoms with Gasteiger partial charge in [-0.1, -0.05) is 109 Å². The van der Waals surface area contributed by atoms with Gasteiger partial charge in [0.15, 0.2) is 0 Å². The highest BCUT2D eigenvalue weighted by Gasteiger charge is 2.52. The smallest absolute Gasteiger partial charge is 0.138 e. The van der Waals surface area contributed by atoms with Crippen LogP contribution in [0.1, 0.15) is 22.3 Å². The highest BCUT2D eigenvalue weighted by molar-refractivity contribution is 6.11. The maximum absolute atomic E-state index is 6.82. The summed E-state index contributed by atoms with van der Waals surface area (Å²) in [6.45, 7) is 0. The van der Waals surface area contributed by atoms with Gasteiger partial charge in [0, 0.05) is 50.6 Å². The van der Waals surface area contributed by atoms with Crippen LogP contribution in [0.15, 0.2) is 188 Å². The number of para-hydroxylation sites is 5. The van der Waals surface area contributed by atoms with E-state index in [0.29, 0.717) is 0 Å². The maximum atomic E-state index is 6.82. The van der Waals surface area contributed by atoms with Crippen molar-refractivity contribution in [3.8, 4) is 45.5 Å². The summed E-state index contributed by atoms with van der Waals surface area (Å²) in [6, 6.07) is 60.3. The van der Waals surface area contributed by atoms with Crippen LogP contribution in [-0.4, -0.2) is 24.1 Å². The molecular weight excluding hydrogens is 711 g/mol. The molecule has 0 saturated carbocycles. The summed E-state index contributed by atoms with van der Waals surface area (Å²) in [5, 5.41) is 4.79. The van der Waals surface area contributed by atoms with Gasteiger partial charge in [0.25, 0.3) is 0 Å². The van der Waals surface area contributed by atoms with Crippen molar-refractivity contribution >= 4 is 43.6 Å². The third-order valence-electron chi connectivity index (χ3n) is 12.4. The third-order valence-corrected chi connectivity index (χ3v) is 12.4. The number of rotatable bonds is 3. The molecule has 1 aliphatic carbocycles. The lowest BCUT2D eigenvalue weighted by Gasteiger charge is -2.39. The number of fused-ring (bicyclic) bond motifs is 15. The summed E-state index contributed by atoms with van der Waals surface area (Å²) in [6.07, 6.45) is 5.79. The minimum Gasteiger partial charge on any atom is -0.457 e.